The second-order valence-corrected chi connectivity index (χ2v) is 10.4. The smallest absolute Gasteiger partial charge is 0.264 e. The van der Waals surface area contributed by atoms with E-state index in [1.54, 1.807) is 19.2 Å². The van der Waals surface area contributed by atoms with Gasteiger partial charge in [0.2, 0.25) is 5.91 Å². The van der Waals surface area contributed by atoms with Gasteiger partial charge in [0.1, 0.15) is 12.3 Å². The van der Waals surface area contributed by atoms with Crippen LogP contribution < -0.4 is 14.4 Å². The van der Waals surface area contributed by atoms with Crippen molar-refractivity contribution in [1.29, 1.82) is 0 Å². The Balaban J connectivity index is 1.89. The van der Waals surface area contributed by atoms with E-state index in [-0.39, 0.29) is 17.5 Å². The van der Waals surface area contributed by atoms with Crippen molar-refractivity contribution < 1.29 is 17.9 Å². The van der Waals surface area contributed by atoms with Gasteiger partial charge in [-0.25, -0.2) is 8.42 Å². The lowest BCUT2D eigenvalue weighted by molar-refractivity contribution is -0.120. The molecule has 0 radical (unpaired) electrons. The molecule has 0 bridgehead atoms. The molecule has 0 unspecified atom stereocenters. The molecule has 0 aromatic heterocycles. The van der Waals surface area contributed by atoms with Crippen LogP contribution in [0.3, 0.4) is 0 Å². The lowest BCUT2D eigenvalue weighted by Crippen LogP contribution is -2.42. The van der Waals surface area contributed by atoms with E-state index in [4.69, 9.17) is 16.3 Å². The number of aryl methyl sites for hydroxylation is 2. The number of amides is 1. The fourth-order valence-corrected chi connectivity index (χ4v) is 5.22. The molecule has 0 aliphatic carbocycles. The number of benzene rings is 3. The Morgan fingerprint density at radius 3 is 2.24 bits per heavy atom. The van der Waals surface area contributed by atoms with Gasteiger partial charge in [-0.15, -0.1) is 0 Å². The molecule has 8 heteroatoms. The van der Waals surface area contributed by atoms with Gasteiger partial charge in [0.15, 0.2) is 0 Å². The lowest BCUT2D eigenvalue weighted by Gasteiger charge is -2.26. The summed E-state index contributed by atoms with van der Waals surface area (Å²) in [6.45, 7) is 5.46. The summed E-state index contributed by atoms with van der Waals surface area (Å²) in [6, 6.07) is 18.4. The summed E-state index contributed by atoms with van der Waals surface area (Å²) in [7, 11) is -2.39. The zero-order valence-electron chi connectivity index (χ0n) is 19.7. The van der Waals surface area contributed by atoms with Crippen LogP contribution >= 0.6 is 11.6 Å². The first-order valence-corrected chi connectivity index (χ1v) is 12.8. The number of ether oxygens (including phenoxy) is 1. The van der Waals surface area contributed by atoms with Crippen LogP contribution in [0.5, 0.6) is 5.75 Å². The number of carbonyl (C=O) groups is 1. The Kier molecular flexibility index (Phi) is 8.23. The SMILES string of the molecule is CC[C@@H](NC(=O)CN(c1ccc(C)cc1)S(=O)(=O)c1ccc(Cl)cc1)c1ccc(OC)c(C)c1. The highest BCUT2D eigenvalue weighted by molar-refractivity contribution is 7.92. The molecule has 1 amide bonds. The third-order valence-corrected chi connectivity index (χ3v) is 7.62. The normalized spacial score (nSPS) is 12.1. The molecule has 0 saturated heterocycles. The van der Waals surface area contributed by atoms with E-state index in [1.165, 1.54) is 24.3 Å². The van der Waals surface area contributed by atoms with Crippen LogP contribution in [0, 0.1) is 13.8 Å². The van der Waals surface area contributed by atoms with Gasteiger partial charge in [-0.1, -0.05) is 48.4 Å². The number of nitrogens with zero attached hydrogens (tertiary/aromatic N) is 1. The Morgan fingerprint density at radius 1 is 1.03 bits per heavy atom. The summed E-state index contributed by atoms with van der Waals surface area (Å²) in [5.74, 6) is 0.364. The van der Waals surface area contributed by atoms with E-state index >= 15 is 0 Å². The van der Waals surface area contributed by atoms with Crippen LogP contribution in [0.2, 0.25) is 5.02 Å². The Hall–Kier alpha value is -3.03. The standard InChI is InChI=1S/C26H29ClN2O4S/c1-5-24(20-8-15-25(33-4)19(3)16-20)28-26(30)17-29(22-11-6-18(2)7-12-22)34(31,32)23-13-9-21(27)10-14-23/h6-16,24H,5,17H2,1-4H3,(H,28,30)/t24-/m1/s1. The zero-order chi connectivity index (χ0) is 24.9. The molecule has 0 aliphatic heterocycles. The monoisotopic (exact) mass is 500 g/mol. The maximum absolute atomic E-state index is 13.5. The van der Waals surface area contributed by atoms with Gasteiger partial charge in [-0.2, -0.15) is 0 Å². The molecule has 0 spiro atoms. The van der Waals surface area contributed by atoms with Gasteiger partial charge in [-0.05, 0) is 73.9 Å². The minimum atomic E-state index is -4.00. The van der Waals surface area contributed by atoms with E-state index in [0.29, 0.717) is 17.1 Å². The van der Waals surface area contributed by atoms with Crippen molar-refractivity contribution in [3.8, 4) is 5.75 Å². The van der Waals surface area contributed by atoms with Gasteiger partial charge in [0, 0.05) is 5.02 Å². The molecule has 0 saturated carbocycles. The number of rotatable bonds is 9. The van der Waals surface area contributed by atoms with Crippen molar-refractivity contribution >= 4 is 33.2 Å². The predicted octanol–water partition coefficient (Wildman–Crippen LogP) is 5.43. The van der Waals surface area contributed by atoms with Gasteiger partial charge >= 0.3 is 0 Å². The average Bonchev–Trinajstić information content (AvgIpc) is 2.82. The Morgan fingerprint density at radius 2 is 1.68 bits per heavy atom. The fraction of sp³-hybridized carbons (Fsp3) is 0.269. The number of sulfonamides is 1. The van der Waals surface area contributed by atoms with Gasteiger partial charge in [0.05, 0.1) is 23.7 Å². The fourth-order valence-electron chi connectivity index (χ4n) is 3.67. The Bertz CT molecular complexity index is 1240. The van der Waals surface area contributed by atoms with E-state index in [0.717, 1.165) is 26.7 Å². The summed E-state index contributed by atoms with van der Waals surface area (Å²) >= 11 is 5.94. The molecule has 180 valence electrons. The second kappa shape index (κ2) is 10.9. The number of hydrogen-bond donors (Lipinski definition) is 1. The second-order valence-electron chi connectivity index (χ2n) is 8.06. The highest BCUT2D eigenvalue weighted by Crippen LogP contribution is 2.27. The highest BCUT2D eigenvalue weighted by atomic mass is 35.5. The largest absolute Gasteiger partial charge is 0.496 e. The van der Waals surface area contributed by atoms with Crippen molar-refractivity contribution in [2.75, 3.05) is 18.0 Å². The number of nitrogens with one attached hydrogen (secondary N) is 1. The van der Waals surface area contributed by atoms with Crippen molar-refractivity contribution in [2.24, 2.45) is 0 Å². The average molecular weight is 501 g/mol. The quantitative estimate of drug-likeness (QED) is 0.425. The topological polar surface area (TPSA) is 75.7 Å². The number of halogens is 1. The summed E-state index contributed by atoms with van der Waals surface area (Å²) in [4.78, 5) is 13.2. The molecule has 6 nitrogen and oxygen atoms in total. The third kappa shape index (κ3) is 5.90. The highest BCUT2D eigenvalue weighted by Gasteiger charge is 2.28. The van der Waals surface area contributed by atoms with E-state index in [9.17, 15) is 13.2 Å². The summed E-state index contributed by atoms with van der Waals surface area (Å²) in [5, 5.41) is 3.41. The lowest BCUT2D eigenvalue weighted by atomic mass is 10.0. The van der Waals surface area contributed by atoms with Crippen LogP contribution in [0.1, 0.15) is 36.1 Å². The molecule has 3 rings (SSSR count). The van der Waals surface area contributed by atoms with Crippen LogP contribution in [0.4, 0.5) is 5.69 Å². The summed E-state index contributed by atoms with van der Waals surface area (Å²) in [5.41, 5.74) is 3.28. The van der Waals surface area contributed by atoms with Crippen LogP contribution in [-0.2, 0) is 14.8 Å². The predicted molar refractivity (Wildman–Crippen MR) is 136 cm³/mol. The van der Waals surface area contributed by atoms with Gasteiger partial charge in [-0.3, -0.25) is 9.10 Å². The van der Waals surface area contributed by atoms with Crippen molar-refractivity contribution in [3.05, 3.63) is 88.4 Å². The minimum Gasteiger partial charge on any atom is -0.496 e. The molecule has 1 N–H and O–H groups in total. The summed E-state index contributed by atoms with van der Waals surface area (Å²) < 4.78 is 33.4. The minimum absolute atomic E-state index is 0.0584. The zero-order valence-corrected chi connectivity index (χ0v) is 21.3. The first-order chi connectivity index (χ1) is 16.1. The molecule has 34 heavy (non-hydrogen) atoms. The molecule has 1 atom stereocenters. The number of hydrogen-bond acceptors (Lipinski definition) is 4. The van der Waals surface area contributed by atoms with Crippen LogP contribution in [0.25, 0.3) is 0 Å². The number of methoxy groups -OCH3 is 1. The molecular weight excluding hydrogens is 472 g/mol. The van der Waals surface area contributed by atoms with Crippen LogP contribution in [-0.4, -0.2) is 28.0 Å². The van der Waals surface area contributed by atoms with E-state index in [1.807, 2.05) is 51.1 Å². The maximum atomic E-state index is 13.5. The molecular formula is C26H29ClN2O4S. The Labute approximate surface area is 206 Å². The first kappa shape index (κ1) is 25.6. The van der Waals surface area contributed by atoms with Gasteiger partial charge < -0.3 is 10.1 Å². The van der Waals surface area contributed by atoms with Crippen molar-refractivity contribution in [2.45, 2.75) is 38.1 Å². The van der Waals surface area contributed by atoms with E-state index in [2.05, 4.69) is 5.32 Å². The number of anilines is 1. The summed E-state index contributed by atoms with van der Waals surface area (Å²) in [6.07, 6.45) is 0.645. The molecule has 3 aromatic carbocycles. The van der Waals surface area contributed by atoms with Crippen molar-refractivity contribution in [3.63, 3.8) is 0 Å². The van der Waals surface area contributed by atoms with Gasteiger partial charge in [0.25, 0.3) is 10.0 Å². The molecule has 0 heterocycles. The molecule has 0 fully saturated rings. The van der Waals surface area contributed by atoms with Crippen LogP contribution in [0.15, 0.2) is 71.6 Å². The van der Waals surface area contributed by atoms with E-state index < -0.39 is 15.9 Å². The maximum Gasteiger partial charge on any atom is 0.264 e. The molecule has 3 aromatic rings. The first-order valence-electron chi connectivity index (χ1n) is 10.9. The number of carbonyl (C=O) groups excluding carboxylic acids is 1. The third-order valence-electron chi connectivity index (χ3n) is 5.58. The van der Waals surface area contributed by atoms with Crippen molar-refractivity contribution in [1.82, 2.24) is 5.32 Å². The molecule has 0 aliphatic rings.